The number of carbonyl (C=O) groups is 1. The zero-order valence-corrected chi connectivity index (χ0v) is 13.6. The second kappa shape index (κ2) is 5.00. The minimum atomic E-state index is -0.0430. The molecule has 0 saturated carbocycles. The molecule has 0 saturated heterocycles. The molecule has 1 aromatic heterocycles. The quantitative estimate of drug-likeness (QED) is 0.646. The van der Waals surface area contributed by atoms with E-state index in [1.54, 1.807) is 12.3 Å². The van der Waals surface area contributed by atoms with Crippen LogP contribution in [-0.4, -0.2) is 10.8 Å². The van der Waals surface area contributed by atoms with Gasteiger partial charge in [-0.25, -0.2) is 0 Å². The highest BCUT2D eigenvalue weighted by Crippen LogP contribution is 2.32. The first-order valence-corrected chi connectivity index (χ1v) is 7.69. The molecule has 1 aliphatic carbocycles. The molecule has 1 aliphatic rings. The Kier molecular flexibility index (Phi) is 3.50. The Morgan fingerprint density at radius 3 is 2.63 bits per heavy atom. The molecular formula is C14H8Br2ClNO. The Hall–Kier alpha value is -0.710. The maximum Gasteiger partial charge on any atom is 0.213 e. The van der Waals surface area contributed by atoms with Crippen molar-refractivity contribution in [3.05, 3.63) is 60.7 Å². The number of benzene rings is 1. The second-order valence-corrected chi connectivity index (χ2v) is 6.62. The number of hydrogen-bond donors (Lipinski definition) is 0. The number of aromatic nitrogens is 1. The molecule has 0 spiro atoms. The molecule has 2 aromatic rings. The standard InChI is InChI=1S/C14H8Br2ClNO/c15-9-3-8-2-1-7-4-10(17)5-11(16)12(7)14(19)13(8)18-6-9/h3-6H,1-2H2. The maximum atomic E-state index is 12.6. The van der Waals surface area contributed by atoms with Crippen molar-refractivity contribution in [3.8, 4) is 0 Å². The maximum absolute atomic E-state index is 12.6. The largest absolute Gasteiger partial charge is 0.287 e. The molecule has 0 bridgehead atoms. The van der Waals surface area contributed by atoms with Gasteiger partial charge in [-0.05, 0) is 74.0 Å². The molecule has 1 heterocycles. The third-order valence-corrected chi connectivity index (χ3v) is 4.45. The number of fused-ring (bicyclic) bond motifs is 2. The minimum Gasteiger partial charge on any atom is -0.287 e. The zero-order valence-electron chi connectivity index (χ0n) is 9.71. The molecule has 0 radical (unpaired) electrons. The highest BCUT2D eigenvalue weighted by molar-refractivity contribution is 9.10. The van der Waals surface area contributed by atoms with Crippen molar-refractivity contribution < 1.29 is 4.79 Å². The average Bonchev–Trinajstić information content (AvgIpc) is 2.47. The fourth-order valence-electron chi connectivity index (χ4n) is 2.34. The van der Waals surface area contributed by atoms with E-state index in [-0.39, 0.29) is 5.78 Å². The topological polar surface area (TPSA) is 30.0 Å². The molecule has 3 rings (SSSR count). The summed E-state index contributed by atoms with van der Waals surface area (Å²) in [5, 5.41) is 0.638. The van der Waals surface area contributed by atoms with Crippen LogP contribution in [-0.2, 0) is 12.8 Å². The van der Waals surface area contributed by atoms with Crippen LogP contribution in [0.15, 0.2) is 33.3 Å². The molecular weight excluding hydrogens is 393 g/mol. The summed E-state index contributed by atoms with van der Waals surface area (Å²) in [5.41, 5.74) is 3.15. The fraction of sp³-hybridized carbons (Fsp3) is 0.143. The minimum absolute atomic E-state index is 0.0430. The van der Waals surface area contributed by atoms with Gasteiger partial charge >= 0.3 is 0 Å². The van der Waals surface area contributed by atoms with Gasteiger partial charge in [-0.15, -0.1) is 0 Å². The van der Waals surface area contributed by atoms with Gasteiger partial charge in [-0.1, -0.05) is 11.6 Å². The fourth-order valence-corrected chi connectivity index (χ4v) is 3.77. The number of aryl methyl sites for hydroxylation is 2. The molecule has 19 heavy (non-hydrogen) atoms. The average molecular weight is 401 g/mol. The number of pyridine rings is 1. The van der Waals surface area contributed by atoms with Crippen molar-refractivity contribution in [2.75, 3.05) is 0 Å². The van der Waals surface area contributed by atoms with Gasteiger partial charge in [-0.2, -0.15) is 0 Å². The van der Waals surface area contributed by atoms with Crippen molar-refractivity contribution in [3.63, 3.8) is 0 Å². The Balaban J connectivity index is 2.23. The molecule has 0 amide bonds. The summed E-state index contributed by atoms with van der Waals surface area (Å²) >= 11 is 12.9. The van der Waals surface area contributed by atoms with Crippen molar-refractivity contribution in [1.29, 1.82) is 0 Å². The van der Waals surface area contributed by atoms with Gasteiger partial charge in [0.25, 0.3) is 0 Å². The van der Waals surface area contributed by atoms with E-state index in [1.165, 1.54) is 0 Å². The first-order valence-electron chi connectivity index (χ1n) is 5.73. The molecule has 96 valence electrons. The van der Waals surface area contributed by atoms with E-state index in [2.05, 4.69) is 36.8 Å². The lowest BCUT2D eigenvalue weighted by Gasteiger charge is -2.08. The second-order valence-electron chi connectivity index (χ2n) is 4.41. The van der Waals surface area contributed by atoms with Crippen LogP contribution in [0.5, 0.6) is 0 Å². The van der Waals surface area contributed by atoms with Gasteiger partial charge in [0.1, 0.15) is 5.69 Å². The lowest BCUT2D eigenvalue weighted by atomic mass is 10.0. The van der Waals surface area contributed by atoms with Crippen molar-refractivity contribution in [2.45, 2.75) is 12.8 Å². The summed E-state index contributed by atoms with van der Waals surface area (Å²) < 4.78 is 1.62. The van der Waals surface area contributed by atoms with Gasteiger partial charge in [0.2, 0.25) is 5.78 Å². The van der Waals surface area contributed by atoms with Crippen molar-refractivity contribution >= 4 is 49.2 Å². The molecule has 2 nitrogen and oxygen atoms in total. The highest BCUT2D eigenvalue weighted by Gasteiger charge is 2.25. The molecule has 0 atom stereocenters. The molecule has 5 heteroatoms. The van der Waals surface area contributed by atoms with Gasteiger partial charge < -0.3 is 0 Å². The third kappa shape index (κ3) is 2.37. The summed E-state index contributed by atoms with van der Waals surface area (Å²) in [4.78, 5) is 16.9. The molecule has 0 fully saturated rings. The molecule has 0 N–H and O–H groups in total. The predicted molar refractivity (Wildman–Crippen MR) is 81.9 cm³/mol. The van der Waals surface area contributed by atoms with Crippen LogP contribution in [0.2, 0.25) is 5.02 Å². The van der Waals surface area contributed by atoms with Crippen LogP contribution < -0.4 is 0 Å². The van der Waals surface area contributed by atoms with Crippen LogP contribution in [0.25, 0.3) is 0 Å². The van der Waals surface area contributed by atoms with Crippen LogP contribution in [0.1, 0.15) is 27.2 Å². The Bertz CT molecular complexity index is 700. The van der Waals surface area contributed by atoms with E-state index in [0.29, 0.717) is 16.3 Å². The molecule has 1 aromatic carbocycles. The van der Waals surface area contributed by atoms with Gasteiger partial charge in [0.05, 0.1) is 0 Å². The number of nitrogens with zero attached hydrogens (tertiary/aromatic N) is 1. The first-order chi connectivity index (χ1) is 9.06. The number of carbonyl (C=O) groups excluding carboxylic acids is 1. The van der Waals surface area contributed by atoms with E-state index < -0.39 is 0 Å². The van der Waals surface area contributed by atoms with E-state index >= 15 is 0 Å². The predicted octanol–water partition coefficient (Wildman–Crippen LogP) is 4.59. The van der Waals surface area contributed by atoms with Crippen molar-refractivity contribution in [2.24, 2.45) is 0 Å². The van der Waals surface area contributed by atoms with Crippen LogP contribution in [0.3, 0.4) is 0 Å². The Morgan fingerprint density at radius 2 is 1.84 bits per heavy atom. The Morgan fingerprint density at radius 1 is 1.11 bits per heavy atom. The summed E-state index contributed by atoms with van der Waals surface area (Å²) in [7, 11) is 0. The summed E-state index contributed by atoms with van der Waals surface area (Å²) in [6, 6.07) is 5.57. The van der Waals surface area contributed by atoms with E-state index in [4.69, 9.17) is 11.6 Å². The number of ketones is 1. The van der Waals surface area contributed by atoms with Gasteiger partial charge in [-0.3, -0.25) is 9.78 Å². The summed E-state index contributed by atoms with van der Waals surface area (Å²) in [6.45, 7) is 0. The monoisotopic (exact) mass is 399 g/mol. The van der Waals surface area contributed by atoms with E-state index in [0.717, 1.165) is 32.9 Å². The molecule has 0 aliphatic heterocycles. The SMILES string of the molecule is O=C1c2ncc(Br)cc2CCc2cc(Cl)cc(Br)c21. The number of rotatable bonds is 0. The van der Waals surface area contributed by atoms with Crippen LogP contribution in [0, 0.1) is 0 Å². The van der Waals surface area contributed by atoms with Crippen LogP contribution in [0.4, 0.5) is 0 Å². The van der Waals surface area contributed by atoms with E-state index in [9.17, 15) is 4.79 Å². The lowest BCUT2D eigenvalue weighted by molar-refractivity contribution is 0.103. The number of hydrogen-bond acceptors (Lipinski definition) is 2. The number of halogens is 3. The lowest BCUT2D eigenvalue weighted by Crippen LogP contribution is -2.07. The van der Waals surface area contributed by atoms with Crippen molar-refractivity contribution in [1.82, 2.24) is 4.98 Å². The third-order valence-electron chi connectivity index (χ3n) is 3.18. The normalized spacial score (nSPS) is 13.7. The van der Waals surface area contributed by atoms with Crippen LogP contribution >= 0.6 is 43.5 Å². The van der Waals surface area contributed by atoms with E-state index in [1.807, 2.05) is 12.1 Å². The first kappa shape index (κ1) is 13.3. The van der Waals surface area contributed by atoms with Gasteiger partial charge in [0, 0.05) is 25.7 Å². The highest BCUT2D eigenvalue weighted by atomic mass is 79.9. The zero-order chi connectivity index (χ0) is 13.6. The Labute approximate surface area is 132 Å². The van der Waals surface area contributed by atoms with Gasteiger partial charge in [0.15, 0.2) is 0 Å². The summed E-state index contributed by atoms with van der Waals surface area (Å²) in [6.07, 6.45) is 3.23. The molecule has 0 unspecified atom stereocenters. The summed E-state index contributed by atoms with van der Waals surface area (Å²) in [5.74, 6) is -0.0430. The smallest absolute Gasteiger partial charge is 0.213 e.